The third-order valence-corrected chi connectivity index (χ3v) is 4.80. The van der Waals surface area contributed by atoms with Crippen LogP contribution in [-0.4, -0.2) is 27.8 Å². The molecule has 0 saturated heterocycles. The number of aryl methyl sites for hydroxylation is 2. The number of anilines is 1. The maximum Gasteiger partial charge on any atom is 0.275 e. The molecular formula is C18H16N4O3S. The van der Waals surface area contributed by atoms with Gasteiger partial charge >= 0.3 is 0 Å². The SMILES string of the molecule is COc1cccc2cc(-c3csc(NC(=O)c4c(C)cnn4C)n3)oc12. The number of rotatable bonds is 4. The Morgan fingerprint density at radius 2 is 2.23 bits per heavy atom. The number of nitrogens with zero attached hydrogens (tertiary/aromatic N) is 3. The molecule has 0 atom stereocenters. The summed E-state index contributed by atoms with van der Waals surface area (Å²) in [7, 11) is 3.34. The molecule has 0 radical (unpaired) electrons. The molecule has 4 rings (SSSR count). The number of para-hydroxylation sites is 1. The Morgan fingerprint density at radius 3 is 2.96 bits per heavy atom. The summed E-state index contributed by atoms with van der Waals surface area (Å²) in [6, 6.07) is 7.61. The van der Waals surface area contributed by atoms with E-state index in [1.165, 1.54) is 11.3 Å². The number of carbonyl (C=O) groups excluding carboxylic acids is 1. The molecule has 1 aromatic carbocycles. The van der Waals surface area contributed by atoms with Crippen LogP contribution in [0.5, 0.6) is 5.75 Å². The van der Waals surface area contributed by atoms with Gasteiger partial charge in [-0.05, 0) is 24.6 Å². The summed E-state index contributed by atoms with van der Waals surface area (Å²) in [5.41, 5.74) is 2.65. The lowest BCUT2D eigenvalue weighted by Crippen LogP contribution is -2.17. The number of hydrogen-bond donors (Lipinski definition) is 1. The van der Waals surface area contributed by atoms with Crippen molar-refractivity contribution in [2.75, 3.05) is 12.4 Å². The molecule has 0 unspecified atom stereocenters. The minimum absolute atomic E-state index is 0.241. The summed E-state index contributed by atoms with van der Waals surface area (Å²) < 4.78 is 12.8. The molecule has 26 heavy (non-hydrogen) atoms. The topological polar surface area (TPSA) is 82.2 Å². The fourth-order valence-corrected chi connectivity index (χ4v) is 3.49. The first-order valence-corrected chi connectivity index (χ1v) is 8.77. The predicted octanol–water partition coefficient (Wildman–Crippen LogP) is 3.86. The molecule has 7 nitrogen and oxygen atoms in total. The first-order valence-electron chi connectivity index (χ1n) is 7.89. The van der Waals surface area contributed by atoms with E-state index in [1.54, 1.807) is 25.0 Å². The number of methoxy groups -OCH3 is 1. The Hall–Kier alpha value is -3.13. The van der Waals surface area contributed by atoms with Crippen molar-refractivity contribution in [1.82, 2.24) is 14.8 Å². The normalized spacial score (nSPS) is 11.0. The molecule has 0 aliphatic rings. The van der Waals surface area contributed by atoms with E-state index in [0.29, 0.717) is 33.6 Å². The van der Waals surface area contributed by atoms with Gasteiger partial charge in [0.1, 0.15) is 11.4 Å². The first-order chi connectivity index (χ1) is 12.6. The van der Waals surface area contributed by atoms with Crippen molar-refractivity contribution >= 4 is 33.3 Å². The number of nitrogens with one attached hydrogen (secondary N) is 1. The highest BCUT2D eigenvalue weighted by Gasteiger charge is 2.17. The summed E-state index contributed by atoms with van der Waals surface area (Å²) in [5.74, 6) is 1.05. The molecule has 0 aliphatic carbocycles. The maximum absolute atomic E-state index is 12.4. The van der Waals surface area contributed by atoms with Gasteiger partial charge in [0.25, 0.3) is 5.91 Å². The Bertz CT molecular complexity index is 1090. The second-order valence-electron chi connectivity index (χ2n) is 5.78. The van der Waals surface area contributed by atoms with E-state index < -0.39 is 0 Å². The van der Waals surface area contributed by atoms with Gasteiger partial charge in [0.2, 0.25) is 0 Å². The monoisotopic (exact) mass is 368 g/mol. The number of benzene rings is 1. The fourth-order valence-electron chi connectivity index (χ4n) is 2.80. The van der Waals surface area contributed by atoms with Gasteiger partial charge in [-0.15, -0.1) is 11.3 Å². The standard InChI is InChI=1S/C18H16N4O3S/c1-10-8-19-22(2)15(10)17(23)21-18-20-12(9-26-18)14-7-11-5-4-6-13(24-3)16(11)25-14/h4-9H,1-3H3,(H,20,21,23). The lowest BCUT2D eigenvalue weighted by molar-refractivity contribution is 0.101. The van der Waals surface area contributed by atoms with E-state index in [-0.39, 0.29) is 5.91 Å². The van der Waals surface area contributed by atoms with Crippen molar-refractivity contribution in [2.24, 2.45) is 7.05 Å². The largest absolute Gasteiger partial charge is 0.493 e. The highest BCUT2D eigenvalue weighted by atomic mass is 32.1. The number of thiazole rings is 1. The lowest BCUT2D eigenvalue weighted by atomic mass is 10.2. The van der Waals surface area contributed by atoms with Gasteiger partial charge in [-0.3, -0.25) is 14.8 Å². The van der Waals surface area contributed by atoms with Crippen LogP contribution in [0.2, 0.25) is 0 Å². The quantitative estimate of drug-likeness (QED) is 0.591. The van der Waals surface area contributed by atoms with Gasteiger partial charge in [-0.1, -0.05) is 12.1 Å². The zero-order chi connectivity index (χ0) is 18.3. The number of furan rings is 1. The average Bonchev–Trinajstić information content (AvgIpc) is 3.32. The summed E-state index contributed by atoms with van der Waals surface area (Å²) >= 11 is 1.34. The molecule has 3 heterocycles. The van der Waals surface area contributed by atoms with Crippen LogP contribution in [0, 0.1) is 6.92 Å². The van der Waals surface area contributed by atoms with Gasteiger partial charge in [0.15, 0.2) is 22.2 Å². The van der Waals surface area contributed by atoms with E-state index in [1.807, 2.05) is 36.6 Å². The third-order valence-electron chi connectivity index (χ3n) is 4.04. The molecule has 0 fully saturated rings. The van der Waals surface area contributed by atoms with E-state index >= 15 is 0 Å². The maximum atomic E-state index is 12.4. The first kappa shape index (κ1) is 16.3. The fraction of sp³-hybridized carbons (Fsp3) is 0.167. The van der Waals surface area contributed by atoms with Gasteiger partial charge < -0.3 is 9.15 Å². The molecular weight excluding hydrogens is 352 g/mol. The number of fused-ring (bicyclic) bond motifs is 1. The molecule has 0 aliphatic heterocycles. The van der Waals surface area contributed by atoms with Crippen LogP contribution in [-0.2, 0) is 7.05 Å². The number of amides is 1. The third kappa shape index (κ3) is 2.74. The number of carbonyl (C=O) groups is 1. The Kier molecular flexibility index (Phi) is 3.96. The van der Waals surface area contributed by atoms with Gasteiger partial charge in [-0.25, -0.2) is 4.98 Å². The minimum atomic E-state index is -0.241. The highest BCUT2D eigenvalue weighted by molar-refractivity contribution is 7.14. The van der Waals surface area contributed by atoms with Crippen LogP contribution in [0.1, 0.15) is 16.1 Å². The lowest BCUT2D eigenvalue weighted by Gasteiger charge is -2.03. The summed E-state index contributed by atoms with van der Waals surface area (Å²) in [6.07, 6.45) is 1.66. The molecule has 3 aromatic heterocycles. The number of ether oxygens (including phenoxy) is 1. The summed E-state index contributed by atoms with van der Waals surface area (Å²) in [4.78, 5) is 16.9. The minimum Gasteiger partial charge on any atom is -0.493 e. The highest BCUT2D eigenvalue weighted by Crippen LogP contribution is 2.34. The van der Waals surface area contributed by atoms with Gasteiger partial charge in [0.05, 0.1) is 13.3 Å². The van der Waals surface area contributed by atoms with Crippen LogP contribution in [0.3, 0.4) is 0 Å². The number of aromatic nitrogens is 3. The summed E-state index contributed by atoms with van der Waals surface area (Å²) in [5, 5.41) is 10.2. The van der Waals surface area contributed by atoms with E-state index in [4.69, 9.17) is 9.15 Å². The van der Waals surface area contributed by atoms with Crippen LogP contribution < -0.4 is 10.1 Å². The molecule has 132 valence electrons. The Labute approximate surface area is 153 Å². The molecule has 0 spiro atoms. The second-order valence-corrected chi connectivity index (χ2v) is 6.64. The molecule has 4 aromatic rings. The predicted molar refractivity (Wildman–Crippen MR) is 99.8 cm³/mol. The Balaban J connectivity index is 1.61. The van der Waals surface area contributed by atoms with Gasteiger partial charge in [-0.2, -0.15) is 5.10 Å². The Morgan fingerprint density at radius 1 is 1.38 bits per heavy atom. The van der Waals surface area contributed by atoms with E-state index in [2.05, 4.69) is 15.4 Å². The molecule has 8 heteroatoms. The second kappa shape index (κ2) is 6.30. The van der Waals surface area contributed by atoms with Crippen molar-refractivity contribution in [3.05, 3.63) is 47.1 Å². The molecule has 1 N–H and O–H groups in total. The van der Waals surface area contributed by atoms with Crippen molar-refractivity contribution in [2.45, 2.75) is 6.92 Å². The molecule has 0 bridgehead atoms. The van der Waals surface area contributed by atoms with Crippen molar-refractivity contribution < 1.29 is 13.9 Å². The summed E-state index contributed by atoms with van der Waals surface area (Å²) in [6.45, 7) is 1.84. The molecule has 1 amide bonds. The van der Waals surface area contributed by atoms with Gasteiger partial charge in [0, 0.05) is 17.8 Å². The van der Waals surface area contributed by atoms with Crippen LogP contribution in [0.4, 0.5) is 5.13 Å². The van der Waals surface area contributed by atoms with Crippen molar-refractivity contribution in [3.63, 3.8) is 0 Å². The molecule has 0 saturated carbocycles. The van der Waals surface area contributed by atoms with Crippen molar-refractivity contribution in [3.8, 4) is 17.2 Å². The average molecular weight is 368 g/mol. The van der Waals surface area contributed by atoms with Crippen LogP contribution in [0.25, 0.3) is 22.4 Å². The van der Waals surface area contributed by atoms with E-state index in [9.17, 15) is 4.79 Å². The zero-order valence-electron chi connectivity index (χ0n) is 14.4. The van der Waals surface area contributed by atoms with E-state index in [0.717, 1.165) is 10.9 Å². The van der Waals surface area contributed by atoms with Crippen LogP contribution >= 0.6 is 11.3 Å². The van der Waals surface area contributed by atoms with Crippen molar-refractivity contribution in [1.29, 1.82) is 0 Å². The smallest absolute Gasteiger partial charge is 0.275 e. The van der Waals surface area contributed by atoms with Crippen LogP contribution in [0.15, 0.2) is 40.3 Å². The zero-order valence-corrected chi connectivity index (χ0v) is 15.3. The number of hydrogen-bond acceptors (Lipinski definition) is 6.